The molecule has 2 aromatic rings. The number of rotatable bonds is 6. The van der Waals surface area contributed by atoms with Crippen LogP contribution in [0.3, 0.4) is 0 Å². The molecule has 5 heteroatoms. The minimum Gasteiger partial charge on any atom is -0.489 e. The van der Waals surface area contributed by atoms with Gasteiger partial charge >= 0.3 is 0 Å². The van der Waals surface area contributed by atoms with E-state index in [0.29, 0.717) is 19.2 Å². The third-order valence-electron chi connectivity index (χ3n) is 4.63. The molecule has 2 aromatic carbocycles. The monoisotopic (exact) mass is 406 g/mol. The van der Waals surface area contributed by atoms with Crippen LogP contribution in [0, 0.1) is 5.82 Å². The Morgan fingerprint density at radius 3 is 2.60 bits per heavy atom. The van der Waals surface area contributed by atoms with Crippen LogP contribution < -0.4 is 10.1 Å². The zero-order chi connectivity index (χ0) is 17.6. The van der Waals surface area contributed by atoms with Crippen molar-refractivity contribution in [3.63, 3.8) is 0 Å². The molecule has 0 radical (unpaired) electrons. The summed E-state index contributed by atoms with van der Waals surface area (Å²) in [5.74, 6) is 0.515. The van der Waals surface area contributed by atoms with Gasteiger partial charge in [0.15, 0.2) is 0 Å². The second kappa shape index (κ2) is 8.79. The number of halogens is 2. The van der Waals surface area contributed by atoms with Crippen molar-refractivity contribution in [2.75, 3.05) is 20.1 Å². The molecule has 0 aliphatic carbocycles. The number of piperidine rings is 1. The van der Waals surface area contributed by atoms with Crippen molar-refractivity contribution in [1.82, 2.24) is 10.2 Å². The number of hydrogen-bond donors (Lipinski definition) is 1. The quantitative estimate of drug-likeness (QED) is 0.771. The molecule has 25 heavy (non-hydrogen) atoms. The van der Waals surface area contributed by atoms with Crippen molar-refractivity contribution in [2.24, 2.45) is 0 Å². The average molecular weight is 407 g/mol. The summed E-state index contributed by atoms with van der Waals surface area (Å²) in [5, 5.41) is 3.55. The fourth-order valence-electron chi connectivity index (χ4n) is 3.04. The molecule has 1 fully saturated rings. The van der Waals surface area contributed by atoms with Crippen molar-refractivity contribution in [2.45, 2.75) is 32.0 Å². The van der Waals surface area contributed by atoms with Gasteiger partial charge in [-0.15, -0.1) is 0 Å². The van der Waals surface area contributed by atoms with Crippen LogP contribution in [0.4, 0.5) is 4.39 Å². The fourth-order valence-corrected chi connectivity index (χ4v) is 3.30. The Balaban J connectivity index is 1.60. The lowest BCUT2D eigenvalue weighted by Gasteiger charge is -2.29. The van der Waals surface area contributed by atoms with Gasteiger partial charge in [0, 0.05) is 22.6 Å². The molecule has 0 bridgehead atoms. The van der Waals surface area contributed by atoms with Crippen LogP contribution in [0.5, 0.6) is 5.75 Å². The number of nitrogens with one attached hydrogen (secondary N) is 1. The number of ether oxygens (including phenoxy) is 1. The van der Waals surface area contributed by atoms with Crippen LogP contribution in [-0.2, 0) is 13.2 Å². The molecule has 1 N–H and O–H groups in total. The summed E-state index contributed by atoms with van der Waals surface area (Å²) in [6.07, 6.45) is 2.25. The molecule has 1 aliphatic rings. The first kappa shape index (κ1) is 18.4. The zero-order valence-corrected chi connectivity index (χ0v) is 16.1. The number of benzene rings is 2. The lowest BCUT2D eigenvalue weighted by molar-refractivity contribution is 0.233. The van der Waals surface area contributed by atoms with Crippen LogP contribution in [0.25, 0.3) is 0 Å². The lowest BCUT2D eigenvalue weighted by atomic mass is 10.0. The van der Waals surface area contributed by atoms with Crippen molar-refractivity contribution in [3.05, 3.63) is 63.9 Å². The average Bonchev–Trinajstić information content (AvgIpc) is 2.62. The molecule has 1 heterocycles. The molecule has 0 atom stereocenters. The van der Waals surface area contributed by atoms with Crippen LogP contribution in [0.2, 0.25) is 0 Å². The predicted molar refractivity (Wildman–Crippen MR) is 102 cm³/mol. The zero-order valence-electron chi connectivity index (χ0n) is 14.5. The lowest BCUT2D eigenvalue weighted by Crippen LogP contribution is -2.40. The summed E-state index contributed by atoms with van der Waals surface area (Å²) in [4.78, 5) is 2.34. The molecule has 0 aromatic heterocycles. The molecule has 0 unspecified atom stereocenters. The Kier molecular flexibility index (Phi) is 6.45. The van der Waals surface area contributed by atoms with E-state index in [4.69, 9.17) is 4.74 Å². The highest BCUT2D eigenvalue weighted by Gasteiger charge is 2.16. The van der Waals surface area contributed by atoms with Gasteiger partial charge in [0.05, 0.1) is 0 Å². The van der Waals surface area contributed by atoms with Gasteiger partial charge in [-0.25, -0.2) is 4.39 Å². The molecule has 0 spiro atoms. The molecule has 134 valence electrons. The van der Waals surface area contributed by atoms with Crippen LogP contribution in [-0.4, -0.2) is 31.1 Å². The van der Waals surface area contributed by atoms with Gasteiger partial charge in [0.25, 0.3) is 0 Å². The van der Waals surface area contributed by atoms with E-state index in [9.17, 15) is 4.39 Å². The molecule has 1 saturated heterocycles. The maximum Gasteiger partial charge on any atom is 0.124 e. The Morgan fingerprint density at radius 1 is 1.16 bits per heavy atom. The van der Waals surface area contributed by atoms with Gasteiger partial charge in [-0.05, 0) is 68.9 Å². The highest BCUT2D eigenvalue weighted by molar-refractivity contribution is 9.10. The highest BCUT2D eigenvalue weighted by Crippen LogP contribution is 2.22. The summed E-state index contributed by atoms with van der Waals surface area (Å²) >= 11 is 3.43. The van der Waals surface area contributed by atoms with E-state index in [1.807, 2.05) is 24.3 Å². The van der Waals surface area contributed by atoms with Crippen molar-refractivity contribution >= 4 is 15.9 Å². The molecular weight excluding hydrogens is 383 g/mol. The first-order valence-corrected chi connectivity index (χ1v) is 9.47. The second-order valence-electron chi connectivity index (χ2n) is 6.63. The minimum atomic E-state index is -0.226. The van der Waals surface area contributed by atoms with Crippen LogP contribution in [0.1, 0.15) is 24.0 Å². The Morgan fingerprint density at radius 2 is 1.88 bits per heavy atom. The normalized spacial score (nSPS) is 16.1. The predicted octanol–water partition coefficient (Wildman–Crippen LogP) is 4.35. The van der Waals surface area contributed by atoms with Crippen molar-refractivity contribution in [3.8, 4) is 5.75 Å². The van der Waals surface area contributed by atoms with E-state index in [-0.39, 0.29) is 5.82 Å². The van der Waals surface area contributed by atoms with Gasteiger partial charge in [-0.3, -0.25) is 0 Å². The van der Waals surface area contributed by atoms with E-state index in [2.05, 4.69) is 33.2 Å². The second-order valence-corrected chi connectivity index (χ2v) is 7.54. The number of nitrogens with zero attached hydrogens (tertiary/aromatic N) is 1. The maximum atomic E-state index is 13.7. The molecule has 3 rings (SSSR count). The third kappa shape index (κ3) is 5.53. The Hall–Kier alpha value is -1.43. The minimum absolute atomic E-state index is 0.226. The summed E-state index contributed by atoms with van der Waals surface area (Å²) in [6, 6.07) is 13.2. The van der Waals surface area contributed by atoms with E-state index >= 15 is 0 Å². The van der Waals surface area contributed by atoms with Crippen molar-refractivity contribution in [1.29, 1.82) is 0 Å². The third-order valence-corrected chi connectivity index (χ3v) is 5.16. The SMILES string of the molecule is CN1CCC(NCc2cc(F)ccc2OCc2ccc(Br)cc2)CC1. The van der Waals surface area contributed by atoms with E-state index < -0.39 is 0 Å². The number of hydrogen-bond acceptors (Lipinski definition) is 3. The Labute approximate surface area is 157 Å². The largest absolute Gasteiger partial charge is 0.489 e. The Bertz CT molecular complexity index is 685. The van der Waals surface area contributed by atoms with Crippen molar-refractivity contribution < 1.29 is 9.13 Å². The molecular formula is C20H24BrFN2O. The molecule has 1 aliphatic heterocycles. The van der Waals surface area contributed by atoms with Crippen LogP contribution in [0.15, 0.2) is 46.9 Å². The summed E-state index contributed by atoms with van der Waals surface area (Å²) in [6.45, 7) is 3.31. The van der Waals surface area contributed by atoms with Gasteiger partial charge in [0.2, 0.25) is 0 Å². The summed E-state index contributed by atoms with van der Waals surface area (Å²) < 4.78 is 20.7. The fraction of sp³-hybridized carbons (Fsp3) is 0.400. The van der Waals surface area contributed by atoms with Crippen LogP contribution >= 0.6 is 15.9 Å². The topological polar surface area (TPSA) is 24.5 Å². The first-order valence-electron chi connectivity index (χ1n) is 8.68. The molecule has 0 amide bonds. The van der Waals surface area contributed by atoms with E-state index in [1.54, 1.807) is 12.1 Å². The van der Waals surface area contributed by atoms with Gasteiger partial charge in [-0.2, -0.15) is 0 Å². The molecule has 3 nitrogen and oxygen atoms in total. The smallest absolute Gasteiger partial charge is 0.124 e. The maximum absolute atomic E-state index is 13.7. The standard InChI is InChI=1S/C20H24BrFN2O/c1-24-10-8-19(9-11-24)23-13-16-12-18(22)6-7-20(16)25-14-15-2-4-17(21)5-3-15/h2-7,12,19,23H,8-11,13-14H2,1H3. The summed E-state index contributed by atoms with van der Waals surface area (Å²) in [5.41, 5.74) is 1.96. The first-order chi connectivity index (χ1) is 12.1. The van der Waals surface area contributed by atoms with Gasteiger partial charge in [0.1, 0.15) is 18.2 Å². The molecule has 0 saturated carbocycles. The van der Waals surface area contributed by atoms with E-state index in [1.165, 1.54) is 6.07 Å². The highest BCUT2D eigenvalue weighted by atomic mass is 79.9. The van der Waals surface area contributed by atoms with Gasteiger partial charge < -0.3 is 15.0 Å². The van der Waals surface area contributed by atoms with Gasteiger partial charge in [-0.1, -0.05) is 28.1 Å². The number of likely N-dealkylation sites (tertiary alicyclic amines) is 1. The van der Waals surface area contributed by atoms with E-state index in [0.717, 1.165) is 47.3 Å². The summed E-state index contributed by atoms with van der Waals surface area (Å²) in [7, 11) is 2.15.